The highest BCUT2D eigenvalue weighted by Crippen LogP contribution is 2.35. The number of hydrogen-bond acceptors (Lipinski definition) is 3. The molecule has 4 rings (SSSR count). The predicted octanol–water partition coefficient (Wildman–Crippen LogP) is 6.08. The fraction of sp³-hybridized carbons (Fsp3) is 0.273. The highest BCUT2D eigenvalue weighted by atomic mass is 32.1. The molecule has 1 fully saturated rings. The van der Waals surface area contributed by atoms with Crippen molar-refractivity contribution in [2.75, 3.05) is 0 Å². The minimum absolute atomic E-state index is 0.138. The number of nitrogens with zero attached hydrogens (tertiary/aromatic N) is 2. The average molecular weight is 434 g/mol. The van der Waals surface area contributed by atoms with Gasteiger partial charge in [0.25, 0.3) is 5.91 Å². The lowest BCUT2D eigenvalue weighted by atomic mass is 10.1. The SMILES string of the molecule is Cc1nc(-c2ccc(C(F)(F)F)cc2)sc1C(=O)N(Cc1ccc(F)cc1)C1CC1. The second-order valence-electron chi connectivity index (χ2n) is 7.30. The van der Waals surface area contributed by atoms with Crippen molar-refractivity contribution in [3.8, 4) is 10.6 Å². The summed E-state index contributed by atoms with van der Waals surface area (Å²) in [4.78, 5) is 19.9. The fourth-order valence-corrected chi connectivity index (χ4v) is 4.22. The molecule has 0 saturated heterocycles. The van der Waals surface area contributed by atoms with Gasteiger partial charge in [-0.25, -0.2) is 9.37 Å². The van der Waals surface area contributed by atoms with Gasteiger partial charge in [-0.1, -0.05) is 24.3 Å². The van der Waals surface area contributed by atoms with Gasteiger partial charge in [0, 0.05) is 18.2 Å². The molecule has 0 atom stereocenters. The van der Waals surface area contributed by atoms with Crippen LogP contribution in [0.4, 0.5) is 17.6 Å². The van der Waals surface area contributed by atoms with Crippen molar-refractivity contribution < 1.29 is 22.4 Å². The Labute approximate surface area is 175 Å². The molecule has 0 unspecified atom stereocenters. The van der Waals surface area contributed by atoms with E-state index in [2.05, 4.69) is 4.98 Å². The van der Waals surface area contributed by atoms with Gasteiger partial charge in [0.2, 0.25) is 0 Å². The van der Waals surface area contributed by atoms with Crippen molar-refractivity contribution in [2.24, 2.45) is 0 Å². The topological polar surface area (TPSA) is 33.2 Å². The first-order chi connectivity index (χ1) is 14.2. The zero-order valence-corrected chi connectivity index (χ0v) is 16.9. The van der Waals surface area contributed by atoms with Gasteiger partial charge in [-0.05, 0) is 49.6 Å². The van der Waals surface area contributed by atoms with Gasteiger partial charge in [-0.3, -0.25) is 4.79 Å². The quantitative estimate of drug-likeness (QED) is 0.456. The van der Waals surface area contributed by atoms with Crippen LogP contribution < -0.4 is 0 Å². The Bertz CT molecular complexity index is 1050. The number of amides is 1. The number of carbonyl (C=O) groups excluding carboxylic acids is 1. The highest BCUT2D eigenvalue weighted by Gasteiger charge is 2.35. The standard InChI is InChI=1S/C22H18F4N2OS/c1-13-19(30-20(27-13)15-4-6-16(7-5-15)22(24,25)26)21(29)28(18-10-11-18)12-14-2-8-17(23)9-3-14/h2-9,18H,10-12H2,1H3. The fourth-order valence-electron chi connectivity index (χ4n) is 3.19. The Morgan fingerprint density at radius 2 is 1.73 bits per heavy atom. The number of aromatic nitrogens is 1. The Balaban J connectivity index is 1.58. The molecule has 1 saturated carbocycles. The normalized spacial score (nSPS) is 14.0. The molecule has 8 heteroatoms. The summed E-state index contributed by atoms with van der Waals surface area (Å²) >= 11 is 1.18. The van der Waals surface area contributed by atoms with E-state index in [4.69, 9.17) is 0 Å². The number of benzene rings is 2. The van der Waals surface area contributed by atoms with Crippen molar-refractivity contribution in [3.63, 3.8) is 0 Å². The zero-order valence-electron chi connectivity index (χ0n) is 16.0. The largest absolute Gasteiger partial charge is 0.416 e. The van der Waals surface area contributed by atoms with Crippen molar-refractivity contribution in [1.29, 1.82) is 0 Å². The maximum atomic E-state index is 13.2. The molecule has 0 N–H and O–H groups in total. The molecular weight excluding hydrogens is 416 g/mol. The van der Waals surface area contributed by atoms with Crippen LogP contribution in [0.3, 0.4) is 0 Å². The van der Waals surface area contributed by atoms with E-state index in [0.29, 0.717) is 27.7 Å². The third-order valence-electron chi connectivity index (χ3n) is 4.96. The minimum atomic E-state index is -4.40. The van der Waals surface area contributed by atoms with E-state index in [1.54, 1.807) is 24.0 Å². The lowest BCUT2D eigenvalue weighted by Crippen LogP contribution is -2.32. The van der Waals surface area contributed by atoms with Gasteiger partial charge in [0.05, 0.1) is 11.3 Å². The van der Waals surface area contributed by atoms with E-state index in [0.717, 1.165) is 30.5 Å². The van der Waals surface area contributed by atoms with E-state index in [1.165, 1.54) is 35.6 Å². The van der Waals surface area contributed by atoms with Crippen molar-refractivity contribution >= 4 is 17.2 Å². The summed E-state index contributed by atoms with van der Waals surface area (Å²) in [7, 11) is 0. The molecule has 0 radical (unpaired) electrons. The molecule has 3 nitrogen and oxygen atoms in total. The molecule has 0 aliphatic heterocycles. The van der Waals surface area contributed by atoms with Crippen molar-refractivity contribution in [1.82, 2.24) is 9.88 Å². The Morgan fingerprint density at radius 1 is 1.10 bits per heavy atom. The number of thiazole rings is 1. The summed E-state index contributed by atoms with van der Waals surface area (Å²) < 4.78 is 51.5. The van der Waals surface area contributed by atoms with Gasteiger partial charge in [-0.15, -0.1) is 11.3 Å². The van der Waals surface area contributed by atoms with Crippen LogP contribution in [0.5, 0.6) is 0 Å². The van der Waals surface area contributed by atoms with E-state index in [1.807, 2.05) is 0 Å². The van der Waals surface area contributed by atoms with Gasteiger partial charge >= 0.3 is 6.18 Å². The molecule has 1 heterocycles. The van der Waals surface area contributed by atoms with Gasteiger partial charge < -0.3 is 4.90 Å². The summed E-state index contributed by atoms with van der Waals surface area (Å²) in [5, 5.41) is 0.502. The Hall–Kier alpha value is -2.74. The third-order valence-corrected chi connectivity index (χ3v) is 6.16. The third kappa shape index (κ3) is 4.38. The maximum Gasteiger partial charge on any atom is 0.416 e. The number of hydrogen-bond donors (Lipinski definition) is 0. The summed E-state index contributed by atoms with van der Waals surface area (Å²) in [6, 6.07) is 10.9. The minimum Gasteiger partial charge on any atom is -0.331 e. The van der Waals surface area contributed by atoms with E-state index in [-0.39, 0.29) is 17.8 Å². The molecule has 1 aliphatic carbocycles. The molecular formula is C22H18F4N2OS. The number of aryl methyl sites for hydroxylation is 1. The first-order valence-electron chi connectivity index (χ1n) is 9.43. The molecule has 0 bridgehead atoms. The van der Waals surface area contributed by atoms with Gasteiger partial charge in [-0.2, -0.15) is 13.2 Å². The van der Waals surface area contributed by atoms with Crippen LogP contribution >= 0.6 is 11.3 Å². The predicted molar refractivity (Wildman–Crippen MR) is 107 cm³/mol. The summed E-state index contributed by atoms with van der Waals surface area (Å²) in [5.41, 5.74) is 1.19. The Morgan fingerprint density at radius 3 is 2.30 bits per heavy atom. The van der Waals surface area contributed by atoms with Crippen molar-refractivity contribution in [2.45, 2.75) is 38.5 Å². The van der Waals surface area contributed by atoms with Crippen LogP contribution in [0.25, 0.3) is 10.6 Å². The molecule has 30 heavy (non-hydrogen) atoms. The number of carbonyl (C=O) groups is 1. The lowest BCUT2D eigenvalue weighted by Gasteiger charge is -2.22. The van der Waals surface area contributed by atoms with Crippen LogP contribution in [0.15, 0.2) is 48.5 Å². The van der Waals surface area contributed by atoms with E-state index >= 15 is 0 Å². The van der Waals surface area contributed by atoms with E-state index in [9.17, 15) is 22.4 Å². The molecule has 1 amide bonds. The van der Waals surface area contributed by atoms with Gasteiger partial charge in [0.15, 0.2) is 0 Å². The number of alkyl halides is 3. The molecule has 2 aromatic carbocycles. The Kier molecular flexibility index (Phi) is 5.36. The van der Waals surface area contributed by atoms with Gasteiger partial charge in [0.1, 0.15) is 15.7 Å². The second kappa shape index (κ2) is 7.83. The summed E-state index contributed by atoms with van der Waals surface area (Å²) in [6.45, 7) is 2.09. The molecule has 3 aromatic rings. The molecule has 1 aliphatic rings. The number of rotatable bonds is 5. The zero-order chi connectivity index (χ0) is 21.5. The molecule has 0 spiro atoms. The van der Waals surface area contributed by atoms with Crippen LogP contribution in [-0.4, -0.2) is 21.8 Å². The van der Waals surface area contributed by atoms with Crippen LogP contribution in [0, 0.1) is 12.7 Å². The second-order valence-corrected chi connectivity index (χ2v) is 8.30. The van der Waals surface area contributed by atoms with E-state index < -0.39 is 11.7 Å². The molecule has 1 aromatic heterocycles. The number of halogens is 4. The first-order valence-corrected chi connectivity index (χ1v) is 10.2. The van der Waals surface area contributed by atoms with Crippen LogP contribution in [0.1, 0.15) is 39.3 Å². The monoisotopic (exact) mass is 434 g/mol. The smallest absolute Gasteiger partial charge is 0.331 e. The van der Waals surface area contributed by atoms with Crippen LogP contribution in [0.2, 0.25) is 0 Å². The average Bonchev–Trinajstić information content (AvgIpc) is 3.47. The summed E-state index contributed by atoms with van der Waals surface area (Å²) in [6.07, 6.45) is -2.57. The van der Waals surface area contributed by atoms with Crippen LogP contribution in [-0.2, 0) is 12.7 Å². The first kappa shape index (κ1) is 20.5. The highest BCUT2D eigenvalue weighted by molar-refractivity contribution is 7.17. The van der Waals surface area contributed by atoms with Crippen molar-refractivity contribution in [3.05, 3.63) is 76.0 Å². The molecule has 156 valence electrons. The lowest BCUT2D eigenvalue weighted by molar-refractivity contribution is -0.137. The summed E-state index contributed by atoms with van der Waals surface area (Å²) in [5.74, 6) is -0.488. The maximum absolute atomic E-state index is 13.2.